The van der Waals surface area contributed by atoms with Crippen molar-refractivity contribution in [2.24, 2.45) is 0 Å². The molecule has 3 heteroatoms. The predicted molar refractivity (Wildman–Crippen MR) is 89.7 cm³/mol. The fraction of sp³-hybridized carbons (Fsp3) is 0.278. The monoisotopic (exact) mass is 299 g/mol. The molecule has 2 aromatic rings. The van der Waals surface area contributed by atoms with Gasteiger partial charge < -0.3 is 5.32 Å². The summed E-state index contributed by atoms with van der Waals surface area (Å²) in [6.45, 7) is 5.97. The van der Waals surface area contributed by atoms with E-state index in [0.717, 1.165) is 16.2 Å². The number of hydrogen-bond donors (Lipinski definition) is 1. The first-order valence-electron chi connectivity index (χ1n) is 7.04. The summed E-state index contributed by atoms with van der Waals surface area (Å²) in [5, 5.41) is 3.02. The molecule has 0 aliphatic carbocycles. The van der Waals surface area contributed by atoms with Gasteiger partial charge in [0.15, 0.2) is 0 Å². The molecule has 2 aromatic carbocycles. The zero-order chi connectivity index (χ0) is 15.3. The molecule has 110 valence electrons. The number of carbonyl (C=O) groups excluding carboxylic acids is 1. The van der Waals surface area contributed by atoms with Crippen molar-refractivity contribution in [2.45, 2.75) is 37.0 Å². The van der Waals surface area contributed by atoms with E-state index < -0.39 is 0 Å². The lowest BCUT2D eigenvalue weighted by Crippen LogP contribution is -2.40. The Labute approximate surface area is 131 Å². The summed E-state index contributed by atoms with van der Waals surface area (Å²) in [5.41, 5.74) is 1.77. The molecule has 0 fully saturated rings. The molecule has 1 N–H and O–H groups in total. The van der Waals surface area contributed by atoms with Gasteiger partial charge in [-0.15, -0.1) is 11.8 Å². The van der Waals surface area contributed by atoms with Gasteiger partial charge >= 0.3 is 0 Å². The summed E-state index contributed by atoms with van der Waals surface area (Å²) < 4.78 is 0. The highest BCUT2D eigenvalue weighted by molar-refractivity contribution is 7.98. The van der Waals surface area contributed by atoms with E-state index in [4.69, 9.17) is 0 Å². The van der Waals surface area contributed by atoms with Gasteiger partial charge in [0.25, 0.3) is 5.91 Å². The Kier molecular flexibility index (Phi) is 5.07. The van der Waals surface area contributed by atoms with Gasteiger partial charge in [-0.2, -0.15) is 0 Å². The average molecular weight is 299 g/mol. The van der Waals surface area contributed by atoms with Crippen LogP contribution < -0.4 is 5.32 Å². The molecule has 0 unspecified atom stereocenters. The minimum atomic E-state index is -0.228. The van der Waals surface area contributed by atoms with E-state index in [2.05, 4.69) is 17.4 Å². The molecule has 0 bridgehead atoms. The highest BCUT2D eigenvalue weighted by Gasteiger charge is 2.17. The minimum absolute atomic E-state index is 0.0151. The maximum atomic E-state index is 12.4. The molecule has 0 aliphatic heterocycles. The third kappa shape index (κ3) is 4.94. The van der Waals surface area contributed by atoms with Gasteiger partial charge in [-0.3, -0.25) is 4.79 Å². The summed E-state index contributed by atoms with van der Waals surface area (Å²) in [6.07, 6.45) is 0. The quantitative estimate of drug-likeness (QED) is 0.842. The Hall–Kier alpha value is -1.74. The molecular weight excluding hydrogens is 278 g/mol. The second kappa shape index (κ2) is 6.81. The summed E-state index contributed by atoms with van der Waals surface area (Å²) >= 11 is 1.69. The van der Waals surface area contributed by atoms with E-state index in [-0.39, 0.29) is 11.4 Å². The molecule has 1 amide bonds. The van der Waals surface area contributed by atoms with Crippen molar-refractivity contribution in [3.8, 4) is 0 Å². The molecule has 0 aliphatic rings. The van der Waals surface area contributed by atoms with Crippen molar-refractivity contribution in [3.63, 3.8) is 0 Å². The van der Waals surface area contributed by atoms with Crippen molar-refractivity contribution in [1.29, 1.82) is 0 Å². The van der Waals surface area contributed by atoms with E-state index in [0.29, 0.717) is 0 Å². The van der Waals surface area contributed by atoms with Crippen molar-refractivity contribution >= 4 is 17.7 Å². The number of rotatable bonds is 4. The van der Waals surface area contributed by atoms with Gasteiger partial charge in [-0.1, -0.05) is 42.5 Å². The molecule has 2 rings (SSSR count). The van der Waals surface area contributed by atoms with Crippen molar-refractivity contribution in [1.82, 2.24) is 5.32 Å². The van der Waals surface area contributed by atoms with Gasteiger partial charge in [0.1, 0.15) is 0 Å². The average Bonchev–Trinajstić information content (AvgIpc) is 2.45. The summed E-state index contributed by atoms with van der Waals surface area (Å²) in [6, 6.07) is 18.1. The summed E-state index contributed by atoms with van der Waals surface area (Å²) in [5.74, 6) is 0.847. The molecule has 0 saturated heterocycles. The summed E-state index contributed by atoms with van der Waals surface area (Å²) in [7, 11) is 0. The van der Waals surface area contributed by atoms with Crippen molar-refractivity contribution in [2.75, 3.05) is 0 Å². The Morgan fingerprint density at radius 1 is 1.00 bits per heavy atom. The number of hydrogen-bond acceptors (Lipinski definition) is 2. The molecule has 2 nitrogen and oxygen atoms in total. The Morgan fingerprint density at radius 3 is 2.29 bits per heavy atom. The fourth-order valence-corrected chi connectivity index (χ4v) is 2.93. The topological polar surface area (TPSA) is 29.1 Å². The maximum absolute atomic E-state index is 12.4. The van der Waals surface area contributed by atoms with Crippen LogP contribution in [-0.2, 0) is 5.75 Å². The first-order valence-corrected chi connectivity index (χ1v) is 8.02. The predicted octanol–water partition coefficient (Wildman–Crippen LogP) is 4.51. The molecule has 21 heavy (non-hydrogen) atoms. The van der Waals surface area contributed by atoms with Crippen molar-refractivity contribution < 1.29 is 4.79 Å². The lowest BCUT2D eigenvalue weighted by atomic mass is 10.1. The Morgan fingerprint density at radius 2 is 1.62 bits per heavy atom. The first kappa shape index (κ1) is 15.6. The van der Waals surface area contributed by atoms with Gasteiger partial charge in [0.05, 0.1) is 5.56 Å². The molecule has 0 spiro atoms. The van der Waals surface area contributed by atoms with E-state index in [1.165, 1.54) is 5.56 Å². The van der Waals surface area contributed by atoms with Crippen molar-refractivity contribution in [3.05, 3.63) is 65.7 Å². The molecule has 0 saturated carbocycles. The first-order chi connectivity index (χ1) is 9.96. The van der Waals surface area contributed by atoms with Gasteiger partial charge in [0.2, 0.25) is 0 Å². The number of nitrogens with one attached hydrogen (secondary N) is 1. The van der Waals surface area contributed by atoms with Crippen LogP contribution in [0.5, 0.6) is 0 Å². The number of benzene rings is 2. The maximum Gasteiger partial charge on any atom is 0.252 e. The van der Waals surface area contributed by atoms with Gasteiger partial charge in [-0.25, -0.2) is 0 Å². The molecule has 0 radical (unpaired) electrons. The Balaban J connectivity index is 2.12. The summed E-state index contributed by atoms with van der Waals surface area (Å²) in [4.78, 5) is 13.4. The zero-order valence-corrected chi connectivity index (χ0v) is 13.5. The van der Waals surface area contributed by atoms with Crippen LogP contribution in [-0.4, -0.2) is 11.4 Å². The van der Waals surface area contributed by atoms with Gasteiger partial charge in [-0.05, 0) is 38.5 Å². The van der Waals surface area contributed by atoms with Crippen LogP contribution in [0.3, 0.4) is 0 Å². The van der Waals surface area contributed by atoms with Crippen LogP contribution in [0.2, 0.25) is 0 Å². The number of amides is 1. The number of carbonyl (C=O) groups is 1. The second-order valence-electron chi connectivity index (χ2n) is 5.97. The van der Waals surface area contributed by atoms with Crippen LogP contribution in [0.4, 0.5) is 0 Å². The zero-order valence-electron chi connectivity index (χ0n) is 12.7. The standard InChI is InChI=1S/C18H21NOS/c1-18(2,3)19-17(20)15-11-7-8-12-16(15)21-13-14-9-5-4-6-10-14/h4-12H,13H2,1-3H3,(H,19,20). The van der Waals surface area contributed by atoms with E-state index in [1.807, 2.05) is 63.2 Å². The highest BCUT2D eigenvalue weighted by Crippen LogP contribution is 2.26. The van der Waals surface area contributed by atoms with Gasteiger partial charge in [0, 0.05) is 16.2 Å². The smallest absolute Gasteiger partial charge is 0.252 e. The normalized spacial score (nSPS) is 11.2. The Bertz CT molecular complexity index is 602. The molecule has 0 atom stereocenters. The van der Waals surface area contributed by atoms with Crippen LogP contribution in [0.25, 0.3) is 0 Å². The van der Waals surface area contributed by atoms with Crippen LogP contribution in [0.15, 0.2) is 59.5 Å². The SMILES string of the molecule is CC(C)(C)NC(=O)c1ccccc1SCc1ccccc1. The third-order valence-corrected chi connectivity index (χ3v) is 4.00. The van der Waals surface area contributed by atoms with Crippen LogP contribution >= 0.6 is 11.8 Å². The second-order valence-corrected chi connectivity index (χ2v) is 6.99. The largest absolute Gasteiger partial charge is 0.347 e. The van der Waals surface area contributed by atoms with E-state index in [1.54, 1.807) is 11.8 Å². The molecule has 0 heterocycles. The lowest BCUT2D eigenvalue weighted by Gasteiger charge is -2.21. The molecular formula is C18H21NOS. The van der Waals surface area contributed by atoms with Crippen LogP contribution in [0, 0.1) is 0 Å². The lowest BCUT2D eigenvalue weighted by molar-refractivity contribution is 0.0916. The minimum Gasteiger partial charge on any atom is -0.347 e. The third-order valence-electron chi connectivity index (χ3n) is 2.86. The highest BCUT2D eigenvalue weighted by atomic mass is 32.2. The number of thioether (sulfide) groups is 1. The van der Waals surface area contributed by atoms with E-state index in [9.17, 15) is 4.79 Å². The van der Waals surface area contributed by atoms with E-state index >= 15 is 0 Å². The molecule has 0 aromatic heterocycles. The van der Waals surface area contributed by atoms with Crippen LogP contribution in [0.1, 0.15) is 36.7 Å². The fourth-order valence-electron chi connectivity index (χ4n) is 1.92.